The van der Waals surface area contributed by atoms with Gasteiger partial charge in [0.05, 0.1) is 5.52 Å². The molecule has 3 rings (SSSR count). The van der Waals surface area contributed by atoms with Crippen LogP contribution in [-0.4, -0.2) is 17.2 Å². The summed E-state index contributed by atoms with van der Waals surface area (Å²) in [6.45, 7) is 5.65. The summed E-state index contributed by atoms with van der Waals surface area (Å²) >= 11 is 0. The standard InChI is InChI=1S/C16H22N2/c1-11-6-4-8-14-15(10-13-7-5-9-17-13)12(2)18(3)16(11)14/h4,6,8,13,17H,5,7,9-10H2,1-3H3. The number of aryl methyl sites for hydroxylation is 2. The van der Waals surface area contributed by atoms with Crippen LogP contribution in [0.1, 0.15) is 29.7 Å². The van der Waals surface area contributed by atoms with Crippen molar-refractivity contribution in [1.29, 1.82) is 0 Å². The minimum absolute atomic E-state index is 0.676. The molecule has 1 atom stereocenters. The number of hydrogen-bond donors (Lipinski definition) is 1. The zero-order chi connectivity index (χ0) is 12.7. The number of hydrogen-bond acceptors (Lipinski definition) is 1. The first kappa shape index (κ1) is 11.8. The molecule has 96 valence electrons. The van der Waals surface area contributed by atoms with E-state index < -0.39 is 0 Å². The largest absolute Gasteiger partial charge is 0.347 e. The van der Waals surface area contributed by atoms with E-state index in [4.69, 9.17) is 0 Å². The van der Waals surface area contributed by atoms with Crippen LogP contribution >= 0.6 is 0 Å². The first-order valence-corrected chi connectivity index (χ1v) is 6.95. The van der Waals surface area contributed by atoms with Crippen molar-refractivity contribution in [1.82, 2.24) is 9.88 Å². The number of aromatic nitrogens is 1. The Morgan fingerprint density at radius 2 is 2.17 bits per heavy atom. The van der Waals surface area contributed by atoms with Crippen LogP contribution in [0.3, 0.4) is 0 Å². The van der Waals surface area contributed by atoms with Gasteiger partial charge in [-0.1, -0.05) is 18.2 Å². The molecule has 2 heterocycles. The van der Waals surface area contributed by atoms with Crippen LogP contribution in [0.2, 0.25) is 0 Å². The molecule has 0 radical (unpaired) electrons. The van der Waals surface area contributed by atoms with Crippen molar-refractivity contribution < 1.29 is 0 Å². The van der Waals surface area contributed by atoms with E-state index in [0.717, 1.165) is 0 Å². The van der Waals surface area contributed by atoms with Crippen LogP contribution in [0.15, 0.2) is 18.2 Å². The van der Waals surface area contributed by atoms with Crippen LogP contribution in [0.4, 0.5) is 0 Å². The molecule has 2 heteroatoms. The molecule has 1 aromatic heterocycles. The maximum atomic E-state index is 3.61. The molecule has 0 saturated carbocycles. The average molecular weight is 242 g/mol. The number of fused-ring (bicyclic) bond motifs is 1. The van der Waals surface area contributed by atoms with Gasteiger partial charge in [0.1, 0.15) is 0 Å². The first-order chi connectivity index (χ1) is 8.68. The maximum absolute atomic E-state index is 3.61. The first-order valence-electron chi connectivity index (χ1n) is 6.95. The Hall–Kier alpha value is -1.28. The van der Waals surface area contributed by atoms with Gasteiger partial charge in [-0.3, -0.25) is 0 Å². The Kier molecular flexibility index (Phi) is 2.90. The van der Waals surface area contributed by atoms with Crippen molar-refractivity contribution in [3.8, 4) is 0 Å². The lowest BCUT2D eigenvalue weighted by atomic mass is 10.0. The lowest BCUT2D eigenvalue weighted by molar-refractivity contribution is 0.602. The van der Waals surface area contributed by atoms with Crippen LogP contribution in [0, 0.1) is 13.8 Å². The summed E-state index contributed by atoms with van der Waals surface area (Å²) in [5.74, 6) is 0. The van der Waals surface area contributed by atoms with E-state index in [-0.39, 0.29) is 0 Å². The molecule has 2 aromatic rings. The van der Waals surface area contributed by atoms with Crippen LogP contribution in [0.25, 0.3) is 10.9 Å². The highest BCUT2D eigenvalue weighted by Gasteiger charge is 2.19. The molecule has 1 aliphatic heterocycles. The number of nitrogens with zero attached hydrogens (tertiary/aromatic N) is 1. The second kappa shape index (κ2) is 4.43. The fraction of sp³-hybridized carbons (Fsp3) is 0.500. The lowest BCUT2D eigenvalue weighted by Crippen LogP contribution is -2.23. The molecule has 0 spiro atoms. The van der Waals surface area contributed by atoms with Crippen molar-refractivity contribution in [2.75, 3.05) is 6.54 Å². The fourth-order valence-corrected chi connectivity index (χ4v) is 3.35. The monoisotopic (exact) mass is 242 g/mol. The Morgan fingerprint density at radius 1 is 1.33 bits per heavy atom. The van der Waals surface area contributed by atoms with Gasteiger partial charge in [-0.25, -0.2) is 0 Å². The number of nitrogens with one attached hydrogen (secondary N) is 1. The molecule has 0 aliphatic carbocycles. The Labute approximate surface area is 109 Å². The number of rotatable bonds is 2. The third-order valence-electron chi connectivity index (χ3n) is 4.45. The van der Waals surface area contributed by atoms with Gasteiger partial charge in [0, 0.05) is 24.2 Å². The maximum Gasteiger partial charge on any atom is 0.0512 e. The molecule has 2 nitrogen and oxygen atoms in total. The molecule has 1 saturated heterocycles. The molecule has 0 bridgehead atoms. The SMILES string of the molecule is Cc1cccc2c(CC3CCCN3)c(C)n(C)c12. The molecule has 1 unspecified atom stereocenters. The molecular weight excluding hydrogens is 220 g/mol. The zero-order valence-electron chi connectivity index (χ0n) is 11.6. The average Bonchev–Trinajstić information content (AvgIpc) is 2.94. The molecule has 1 fully saturated rings. The topological polar surface area (TPSA) is 17.0 Å². The predicted molar refractivity (Wildman–Crippen MR) is 77.1 cm³/mol. The van der Waals surface area contributed by atoms with E-state index >= 15 is 0 Å². The van der Waals surface area contributed by atoms with Crippen molar-refractivity contribution in [2.45, 2.75) is 39.2 Å². The predicted octanol–water partition coefficient (Wildman–Crippen LogP) is 3.09. The van der Waals surface area contributed by atoms with E-state index in [1.165, 1.54) is 53.5 Å². The Bertz CT molecular complexity index is 574. The van der Waals surface area contributed by atoms with Gasteiger partial charge in [-0.05, 0) is 50.8 Å². The third kappa shape index (κ3) is 1.76. The summed E-state index contributed by atoms with van der Waals surface area (Å²) in [5, 5.41) is 5.06. The van der Waals surface area contributed by atoms with E-state index in [2.05, 4.69) is 49.0 Å². The van der Waals surface area contributed by atoms with Crippen LogP contribution in [0.5, 0.6) is 0 Å². The highest BCUT2D eigenvalue weighted by atomic mass is 15.0. The summed E-state index contributed by atoms with van der Waals surface area (Å²) in [7, 11) is 2.19. The Balaban J connectivity index is 2.10. The van der Waals surface area contributed by atoms with E-state index in [1.807, 2.05) is 0 Å². The van der Waals surface area contributed by atoms with E-state index in [1.54, 1.807) is 0 Å². The molecular formula is C16H22N2. The van der Waals surface area contributed by atoms with Crippen molar-refractivity contribution in [2.24, 2.45) is 7.05 Å². The highest BCUT2D eigenvalue weighted by molar-refractivity contribution is 5.88. The van der Waals surface area contributed by atoms with Gasteiger partial charge >= 0.3 is 0 Å². The number of benzene rings is 1. The molecule has 0 amide bonds. The summed E-state index contributed by atoms with van der Waals surface area (Å²) in [5.41, 5.74) is 5.75. The van der Waals surface area contributed by atoms with Gasteiger partial charge < -0.3 is 9.88 Å². The molecule has 18 heavy (non-hydrogen) atoms. The molecule has 1 aromatic carbocycles. The van der Waals surface area contributed by atoms with Gasteiger partial charge in [0.15, 0.2) is 0 Å². The Morgan fingerprint density at radius 3 is 2.89 bits per heavy atom. The van der Waals surface area contributed by atoms with Crippen LogP contribution in [-0.2, 0) is 13.5 Å². The van der Waals surface area contributed by atoms with E-state index in [9.17, 15) is 0 Å². The summed E-state index contributed by atoms with van der Waals surface area (Å²) < 4.78 is 2.36. The normalized spacial score (nSPS) is 19.8. The van der Waals surface area contributed by atoms with Gasteiger partial charge in [0.2, 0.25) is 0 Å². The molecule has 1 N–H and O–H groups in total. The highest BCUT2D eigenvalue weighted by Crippen LogP contribution is 2.29. The van der Waals surface area contributed by atoms with Crippen LogP contribution < -0.4 is 5.32 Å². The quantitative estimate of drug-likeness (QED) is 0.856. The summed E-state index contributed by atoms with van der Waals surface area (Å²) in [6, 6.07) is 7.34. The third-order valence-corrected chi connectivity index (χ3v) is 4.45. The smallest absolute Gasteiger partial charge is 0.0512 e. The van der Waals surface area contributed by atoms with E-state index in [0.29, 0.717) is 6.04 Å². The van der Waals surface area contributed by atoms with Crippen molar-refractivity contribution in [3.05, 3.63) is 35.0 Å². The fourth-order valence-electron chi connectivity index (χ4n) is 3.35. The van der Waals surface area contributed by atoms with Gasteiger partial charge in [-0.2, -0.15) is 0 Å². The summed E-state index contributed by atoms with van der Waals surface area (Å²) in [6.07, 6.45) is 3.82. The second-order valence-corrected chi connectivity index (χ2v) is 5.59. The second-order valence-electron chi connectivity index (χ2n) is 5.59. The minimum atomic E-state index is 0.676. The minimum Gasteiger partial charge on any atom is -0.347 e. The zero-order valence-corrected chi connectivity index (χ0v) is 11.6. The molecule has 1 aliphatic rings. The lowest BCUT2D eigenvalue weighted by Gasteiger charge is -2.10. The number of para-hydroxylation sites is 1. The van der Waals surface area contributed by atoms with Crippen molar-refractivity contribution in [3.63, 3.8) is 0 Å². The van der Waals surface area contributed by atoms with Gasteiger partial charge in [-0.15, -0.1) is 0 Å². The van der Waals surface area contributed by atoms with Crippen molar-refractivity contribution >= 4 is 10.9 Å². The van der Waals surface area contributed by atoms with Gasteiger partial charge in [0.25, 0.3) is 0 Å². The summed E-state index contributed by atoms with van der Waals surface area (Å²) in [4.78, 5) is 0.